The average Bonchev–Trinajstić information content (AvgIpc) is 3.21. The van der Waals surface area contributed by atoms with Gasteiger partial charge >= 0.3 is 0 Å². The van der Waals surface area contributed by atoms with Gasteiger partial charge in [-0.25, -0.2) is 9.29 Å². The molecule has 0 aromatic heterocycles. The van der Waals surface area contributed by atoms with E-state index in [0.717, 1.165) is 16.2 Å². The van der Waals surface area contributed by atoms with Crippen LogP contribution in [0.1, 0.15) is 26.3 Å². The van der Waals surface area contributed by atoms with E-state index in [0.29, 0.717) is 5.69 Å². The molecule has 0 spiro atoms. The maximum absolute atomic E-state index is 13.6. The summed E-state index contributed by atoms with van der Waals surface area (Å²) in [5.74, 6) is -2.71. The van der Waals surface area contributed by atoms with Crippen molar-refractivity contribution in [1.82, 2.24) is 0 Å². The van der Waals surface area contributed by atoms with Gasteiger partial charge in [0.1, 0.15) is 11.9 Å². The minimum atomic E-state index is -0.787. The van der Waals surface area contributed by atoms with Crippen LogP contribution in [0.5, 0.6) is 0 Å². The van der Waals surface area contributed by atoms with E-state index >= 15 is 0 Å². The van der Waals surface area contributed by atoms with Crippen molar-refractivity contribution in [2.45, 2.75) is 32.9 Å². The number of fused-ring (bicyclic) bond motifs is 5. The van der Waals surface area contributed by atoms with Crippen LogP contribution in [-0.4, -0.2) is 29.7 Å². The Hall–Kier alpha value is -3.28. The fraction of sp³-hybridized carbons (Fsp3) is 0.320. The molecule has 5 nitrogen and oxygen atoms in total. The second-order valence-corrected chi connectivity index (χ2v) is 9.41. The third kappa shape index (κ3) is 2.77. The third-order valence-corrected chi connectivity index (χ3v) is 6.51. The predicted octanol–water partition coefficient (Wildman–Crippen LogP) is 3.83. The molecule has 2 saturated heterocycles. The lowest BCUT2D eigenvalue weighted by molar-refractivity contribution is -0.132. The number of ketones is 1. The summed E-state index contributed by atoms with van der Waals surface area (Å²) in [5.41, 5.74) is 1.47. The first-order valence-corrected chi connectivity index (χ1v) is 10.4. The Bertz CT molecular complexity index is 1130. The summed E-state index contributed by atoms with van der Waals surface area (Å²) in [5, 5.41) is 0. The molecule has 5 rings (SSSR count). The lowest BCUT2D eigenvalue weighted by atomic mass is 9.79. The minimum absolute atomic E-state index is 0.0720. The lowest BCUT2D eigenvalue weighted by Crippen LogP contribution is -2.51. The first-order chi connectivity index (χ1) is 14.7. The quantitative estimate of drug-likeness (QED) is 0.696. The molecule has 2 fully saturated rings. The maximum atomic E-state index is 13.6. The Morgan fingerprint density at radius 2 is 1.58 bits per heavy atom. The first-order valence-electron chi connectivity index (χ1n) is 10.4. The van der Waals surface area contributed by atoms with Gasteiger partial charge in [-0.15, -0.1) is 0 Å². The van der Waals surface area contributed by atoms with Gasteiger partial charge in [-0.1, -0.05) is 51.1 Å². The zero-order valence-electron chi connectivity index (χ0n) is 17.6. The number of imide groups is 1. The maximum Gasteiger partial charge on any atom is 0.240 e. The van der Waals surface area contributed by atoms with Crippen LogP contribution in [0.3, 0.4) is 0 Å². The van der Waals surface area contributed by atoms with Gasteiger partial charge in [-0.2, -0.15) is 0 Å². The number of carbonyl (C=O) groups is 3. The van der Waals surface area contributed by atoms with Gasteiger partial charge in [0, 0.05) is 11.1 Å². The number of Topliss-reactive ketones (excluding diaryl/α,β-unsaturated/α-hetero) is 1. The zero-order valence-corrected chi connectivity index (χ0v) is 17.6. The van der Waals surface area contributed by atoms with Gasteiger partial charge in [-0.3, -0.25) is 14.4 Å². The van der Waals surface area contributed by atoms with Crippen molar-refractivity contribution in [2.24, 2.45) is 17.3 Å². The molecule has 158 valence electrons. The molecule has 4 atom stereocenters. The van der Waals surface area contributed by atoms with Crippen molar-refractivity contribution in [1.29, 1.82) is 0 Å². The highest BCUT2D eigenvalue weighted by atomic mass is 19.1. The molecule has 2 aromatic carbocycles. The van der Waals surface area contributed by atoms with Crippen LogP contribution >= 0.6 is 0 Å². The van der Waals surface area contributed by atoms with Crippen molar-refractivity contribution in [3.05, 3.63) is 66.0 Å². The Labute approximate surface area is 180 Å². The Balaban J connectivity index is 1.65. The second kappa shape index (κ2) is 6.61. The Kier molecular flexibility index (Phi) is 4.19. The van der Waals surface area contributed by atoms with Crippen LogP contribution in [0, 0.1) is 23.1 Å². The highest BCUT2D eigenvalue weighted by Crippen LogP contribution is 2.50. The summed E-state index contributed by atoms with van der Waals surface area (Å²) >= 11 is 0. The van der Waals surface area contributed by atoms with Crippen LogP contribution in [0.2, 0.25) is 0 Å². The van der Waals surface area contributed by atoms with Crippen molar-refractivity contribution in [3.63, 3.8) is 0 Å². The molecule has 3 heterocycles. The van der Waals surface area contributed by atoms with E-state index in [1.807, 2.05) is 62.1 Å². The smallest absolute Gasteiger partial charge is 0.240 e. The topological polar surface area (TPSA) is 57.7 Å². The van der Waals surface area contributed by atoms with Crippen molar-refractivity contribution in [3.8, 4) is 0 Å². The van der Waals surface area contributed by atoms with E-state index < -0.39 is 41.1 Å². The molecular weight excluding hydrogens is 395 g/mol. The summed E-state index contributed by atoms with van der Waals surface area (Å²) in [6.07, 6.45) is 3.88. The molecule has 2 amide bonds. The average molecular weight is 418 g/mol. The number of halogens is 1. The van der Waals surface area contributed by atoms with Crippen LogP contribution < -0.4 is 9.80 Å². The van der Waals surface area contributed by atoms with Crippen molar-refractivity contribution in [2.75, 3.05) is 9.80 Å². The van der Waals surface area contributed by atoms with Crippen LogP contribution in [-0.2, 0) is 14.4 Å². The van der Waals surface area contributed by atoms with E-state index in [4.69, 9.17) is 0 Å². The highest BCUT2D eigenvalue weighted by Gasteiger charge is 2.64. The van der Waals surface area contributed by atoms with Gasteiger partial charge in [-0.05, 0) is 35.9 Å². The summed E-state index contributed by atoms with van der Waals surface area (Å²) in [6, 6.07) is 11.9. The van der Waals surface area contributed by atoms with Crippen molar-refractivity contribution < 1.29 is 18.8 Å². The van der Waals surface area contributed by atoms with E-state index in [1.54, 1.807) is 0 Å². The van der Waals surface area contributed by atoms with Gasteiger partial charge in [0.2, 0.25) is 11.8 Å². The fourth-order valence-electron chi connectivity index (χ4n) is 5.10. The largest absolute Gasteiger partial charge is 0.353 e. The summed E-state index contributed by atoms with van der Waals surface area (Å²) in [4.78, 5) is 43.8. The molecule has 3 aliphatic rings. The van der Waals surface area contributed by atoms with Gasteiger partial charge in [0.15, 0.2) is 5.78 Å². The molecule has 6 heteroatoms. The molecule has 2 aromatic rings. The number of anilines is 2. The molecule has 3 aliphatic heterocycles. The monoisotopic (exact) mass is 418 g/mol. The first kappa shape index (κ1) is 19.7. The number of carbonyl (C=O) groups excluding carboxylic acids is 3. The predicted molar refractivity (Wildman–Crippen MR) is 116 cm³/mol. The summed E-state index contributed by atoms with van der Waals surface area (Å²) < 4.78 is 13.4. The molecule has 0 saturated carbocycles. The van der Waals surface area contributed by atoms with E-state index in [-0.39, 0.29) is 11.7 Å². The van der Waals surface area contributed by atoms with E-state index in [9.17, 15) is 18.8 Å². The number of para-hydroxylation sites is 1. The Morgan fingerprint density at radius 3 is 2.26 bits per heavy atom. The molecule has 0 aliphatic carbocycles. The van der Waals surface area contributed by atoms with Gasteiger partial charge < -0.3 is 4.90 Å². The number of benzene rings is 2. The molecule has 0 bridgehead atoms. The number of rotatable bonds is 2. The molecule has 0 unspecified atom stereocenters. The highest BCUT2D eigenvalue weighted by molar-refractivity contribution is 6.25. The number of hydrogen-bond donors (Lipinski definition) is 0. The van der Waals surface area contributed by atoms with E-state index in [1.165, 1.54) is 24.3 Å². The molecule has 0 N–H and O–H groups in total. The van der Waals surface area contributed by atoms with Crippen LogP contribution in [0.25, 0.3) is 6.08 Å². The van der Waals surface area contributed by atoms with Crippen molar-refractivity contribution >= 4 is 35.0 Å². The standard InChI is InChI=1S/C25H23FN2O3/c1-25(2,3)22(29)21-20-19(18-13-8-14-6-4-5-7-17(14)28(18)21)23(30)27(24(20)31)16-11-9-15(26)10-12-16/h4-13,18-21H,1-3H3/t18-,19-,20-,21+/m0/s1. The van der Waals surface area contributed by atoms with E-state index in [2.05, 4.69) is 0 Å². The fourth-order valence-corrected chi connectivity index (χ4v) is 5.10. The number of amides is 2. The minimum Gasteiger partial charge on any atom is -0.353 e. The normalized spacial score (nSPS) is 26.7. The lowest BCUT2D eigenvalue weighted by Gasteiger charge is -2.38. The number of hydrogen-bond acceptors (Lipinski definition) is 4. The second-order valence-electron chi connectivity index (χ2n) is 9.41. The van der Waals surface area contributed by atoms with Crippen LogP contribution in [0.4, 0.5) is 15.8 Å². The summed E-state index contributed by atoms with van der Waals surface area (Å²) in [6.45, 7) is 5.51. The Morgan fingerprint density at radius 1 is 0.935 bits per heavy atom. The molecule has 31 heavy (non-hydrogen) atoms. The third-order valence-electron chi connectivity index (χ3n) is 6.51. The molecule has 0 radical (unpaired) electrons. The van der Waals surface area contributed by atoms with Gasteiger partial charge in [0.25, 0.3) is 0 Å². The van der Waals surface area contributed by atoms with Gasteiger partial charge in [0.05, 0.1) is 23.6 Å². The molecular formula is C25H23FN2O3. The number of nitrogens with zero attached hydrogens (tertiary/aromatic N) is 2. The zero-order chi connectivity index (χ0) is 22.1. The summed E-state index contributed by atoms with van der Waals surface area (Å²) in [7, 11) is 0. The van der Waals surface area contributed by atoms with Crippen LogP contribution in [0.15, 0.2) is 54.6 Å². The SMILES string of the molecule is CC(C)(C)C(=O)[C@H]1[C@H]2C(=O)N(c3ccc(F)cc3)C(=O)[C@H]2[C@@H]2C=Cc3ccccc3N21.